The first-order valence-corrected chi connectivity index (χ1v) is 7.11. The number of nitriles is 1. The van der Waals surface area contributed by atoms with Crippen LogP contribution in [0.3, 0.4) is 0 Å². The van der Waals surface area contributed by atoms with E-state index in [-0.39, 0.29) is 5.41 Å². The predicted octanol–water partition coefficient (Wildman–Crippen LogP) is 3.14. The molecule has 1 aliphatic rings. The van der Waals surface area contributed by atoms with E-state index in [4.69, 9.17) is 5.26 Å². The Morgan fingerprint density at radius 3 is 2.69 bits per heavy atom. The highest BCUT2D eigenvalue weighted by Gasteiger charge is 2.27. The number of thioether (sulfide) groups is 1. The molecule has 16 heavy (non-hydrogen) atoms. The molecule has 2 nitrogen and oxygen atoms in total. The maximum Gasteiger partial charge on any atom is 0.0683 e. The van der Waals surface area contributed by atoms with E-state index in [1.165, 1.54) is 18.8 Å². The van der Waals surface area contributed by atoms with Gasteiger partial charge in [0.05, 0.1) is 11.5 Å². The Morgan fingerprint density at radius 2 is 2.12 bits per heavy atom. The summed E-state index contributed by atoms with van der Waals surface area (Å²) < 4.78 is 0.406. The van der Waals surface area contributed by atoms with Crippen molar-refractivity contribution in [2.24, 2.45) is 5.41 Å². The molecule has 0 amide bonds. The van der Waals surface area contributed by atoms with Crippen LogP contribution in [0.1, 0.15) is 40.5 Å². The minimum atomic E-state index is -0.153. The zero-order chi connectivity index (χ0) is 12.2. The minimum absolute atomic E-state index is 0.153. The van der Waals surface area contributed by atoms with Gasteiger partial charge in [0.2, 0.25) is 0 Å². The van der Waals surface area contributed by atoms with E-state index in [2.05, 4.69) is 36.6 Å². The highest BCUT2D eigenvalue weighted by molar-refractivity contribution is 8.00. The van der Waals surface area contributed by atoms with Crippen molar-refractivity contribution < 1.29 is 0 Å². The molecule has 1 rings (SSSR count). The first-order valence-electron chi connectivity index (χ1n) is 6.12. The van der Waals surface area contributed by atoms with Crippen molar-refractivity contribution in [1.29, 1.82) is 5.26 Å². The number of hydrogen-bond acceptors (Lipinski definition) is 3. The minimum Gasteiger partial charge on any atom is -0.301 e. The van der Waals surface area contributed by atoms with Gasteiger partial charge in [-0.25, -0.2) is 0 Å². The van der Waals surface area contributed by atoms with E-state index < -0.39 is 0 Å². The molecule has 0 aromatic rings. The summed E-state index contributed by atoms with van der Waals surface area (Å²) in [6.07, 6.45) is 2.15. The molecule has 1 aliphatic heterocycles. The quantitative estimate of drug-likeness (QED) is 0.755. The van der Waals surface area contributed by atoms with Gasteiger partial charge in [0.1, 0.15) is 0 Å². The fourth-order valence-corrected chi connectivity index (χ4v) is 3.28. The highest BCUT2D eigenvalue weighted by atomic mass is 32.2. The Kier molecular flexibility index (Phi) is 4.70. The molecule has 0 aromatic heterocycles. The van der Waals surface area contributed by atoms with Crippen LogP contribution in [0.2, 0.25) is 0 Å². The van der Waals surface area contributed by atoms with Crippen LogP contribution in [-0.4, -0.2) is 35.0 Å². The Balaban J connectivity index is 2.26. The number of hydrogen-bond donors (Lipinski definition) is 0. The predicted molar refractivity (Wildman–Crippen MR) is 71.6 cm³/mol. The fourth-order valence-electron chi connectivity index (χ4n) is 2.11. The standard InChI is InChI=1S/C13H24N2S/c1-12(2,10-14)6-5-7-15-8-9-16-13(3,4)11-15/h5-9,11H2,1-4H3. The van der Waals surface area contributed by atoms with E-state index in [0.717, 1.165) is 19.4 Å². The van der Waals surface area contributed by atoms with Gasteiger partial charge in [-0.3, -0.25) is 0 Å². The van der Waals surface area contributed by atoms with Crippen LogP contribution in [0.4, 0.5) is 0 Å². The van der Waals surface area contributed by atoms with E-state index in [1.807, 2.05) is 13.8 Å². The summed E-state index contributed by atoms with van der Waals surface area (Å²) in [5, 5.41) is 8.95. The SMILES string of the molecule is CC(C)(C#N)CCCN1CCSC(C)(C)C1. The van der Waals surface area contributed by atoms with Gasteiger partial charge in [-0.2, -0.15) is 17.0 Å². The van der Waals surface area contributed by atoms with Crippen LogP contribution in [0, 0.1) is 16.7 Å². The van der Waals surface area contributed by atoms with Crippen LogP contribution >= 0.6 is 11.8 Å². The van der Waals surface area contributed by atoms with Crippen LogP contribution < -0.4 is 0 Å². The largest absolute Gasteiger partial charge is 0.301 e. The zero-order valence-corrected chi connectivity index (χ0v) is 11.9. The smallest absolute Gasteiger partial charge is 0.0683 e. The Morgan fingerprint density at radius 1 is 1.44 bits per heavy atom. The van der Waals surface area contributed by atoms with E-state index in [0.29, 0.717) is 4.75 Å². The molecule has 0 aliphatic carbocycles. The Bertz CT molecular complexity index is 266. The zero-order valence-electron chi connectivity index (χ0n) is 11.0. The van der Waals surface area contributed by atoms with E-state index >= 15 is 0 Å². The lowest BCUT2D eigenvalue weighted by Gasteiger charge is -2.37. The summed E-state index contributed by atoms with van der Waals surface area (Å²) in [5.41, 5.74) is -0.153. The molecule has 0 N–H and O–H groups in total. The van der Waals surface area contributed by atoms with Crippen LogP contribution in [0.25, 0.3) is 0 Å². The van der Waals surface area contributed by atoms with Gasteiger partial charge in [-0.1, -0.05) is 0 Å². The summed E-state index contributed by atoms with van der Waals surface area (Å²) in [6, 6.07) is 2.37. The van der Waals surface area contributed by atoms with Crippen molar-refractivity contribution in [3.8, 4) is 6.07 Å². The number of rotatable bonds is 4. The molecule has 1 heterocycles. The van der Waals surface area contributed by atoms with Crippen molar-refractivity contribution in [1.82, 2.24) is 4.90 Å². The molecule has 3 heteroatoms. The van der Waals surface area contributed by atoms with Crippen LogP contribution in [0.5, 0.6) is 0 Å². The summed E-state index contributed by atoms with van der Waals surface area (Å²) in [6.45, 7) is 12.2. The van der Waals surface area contributed by atoms with Crippen molar-refractivity contribution in [2.75, 3.05) is 25.4 Å². The number of nitrogens with zero attached hydrogens (tertiary/aromatic N) is 2. The van der Waals surface area contributed by atoms with Gasteiger partial charge < -0.3 is 4.90 Å². The fraction of sp³-hybridized carbons (Fsp3) is 0.923. The average Bonchev–Trinajstić information content (AvgIpc) is 2.16. The van der Waals surface area contributed by atoms with Gasteiger partial charge in [0.15, 0.2) is 0 Å². The van der Waals surface area contributed by atoms with Crippen LogP contribution in [-0.2, 0) is 0 Å². The maximum absolute atomic E-state index is 8.95. The molecular formula is C13H24N2S. The van der Waals surface area contributed by atoms with Gasteiger partial charge in [-0.15, -0.1) is 0 Å². The monoisotopic (exact) mass is 240 g/mol. The third-order valence-corrected chi connectivity index (χ3v) is 4.38. The van der Waals surface area contributed by atoms with Gasteiger partial charge >= 0.3 is 0 Å². The second kappa shape index (κ2) is 5.42. The van der Waals surface area contributed by atoms with Crippen molar-refractivity contribution in [2.45, 2.75) is 45.3 Å². The van der Waals surface area contributed by atoms with Crippen molar-refractivity contribution >= 4 is 11.8 Å². The van der Waals surface area contributed by atoms with Gasteiger partial charge in [0, 0.05) is 23.6 Å². The maximum atomic E-state index is 8.95. The molecule has 0 unspecified atom stereocenters. The second-order valence-electron chi connectivity index (χ2n) is 5.98. The molecular weight excluding hydrogens is 216 g/mol. The van der Waals surface area contributed by atoms with Gasteiger partial charge in [0.25, 0.3) is 0 Å². The molecule has 0 spiro atoms. The normalized spacial score (nSPS) is 21.7. The second-order valence-corrected chi connectivity index (χ2v) is 7.79. The molecule has 1 saturated heterocycles. The third-order valence-electron chi connectivity index (χ3n) is 3.08. The van der Waals surface area contributed by atoms with Crippen molar-refractivity contribution in [3.63, 3.8) is 0 Å². The lowest BCUT2D eigenvalue weighted by Crippen LogP contribution is -2.43. The van der Waals surface area contributed by atoms with Crippen LogP contribution in [0.15, 0.2) is 0 Å². The van der Waals surface area contributed by atoms with Gasteiger partial charge in [-0.05, 0) is 47.1 Å². The molecule has 1 fully saturated rings. The first kappa shape index (κ1) is 13.9. The molecule has 0 bridgehead atoms. The van der Waals surface area contributed by atoms with Crippen molar-refractivity contribution in [3.05, 3.63) is 0 Å². The Hall–Kier alpha value is -0.200. The highest BCUT2D eigenvalue weighted by Crippen LogP contribution is 2.30. The topological polar surface area (TPSA) is 27.0 Å². The molecule has 92 valence electrons. The molecule has 0 radical (unpaired) electrons. The summed E-state index contributed by atoms with van der Waals surface area (Å²) in [7, 11) is 0. The lowest BCUT2D eigenvalue weighted by atomic mass is 9.90. The first-order chi connectivity index (χ1) is 7.35. The molecule has 0 aromatic carbocycles. The Labute approximate surface area is 104 Å². The summed E-state index contributed by atoms with van der Waals surface area (Å²) >= 11 is 2.07. The summed E-state index contributed by atoms with van der Waals surface area (Å²) in [5.74, 6) is 1.24. The lowest BCUT2D eigenvalue weighted by molar-refractivity contribution is 0.245. The third kappa shape index (κ3) is 4.76. The molecule has 0 saturated carbocycles. The summed E-state index contributed by atoms with van der Waals surface area (Å²) in [4.78, 5) is 2.55. The van der Waals surface area contributed by atoms with E-state index in [1.54, 1.807) is 0 Å². The van der Waals surface area contributed by atoms with E-state index in [9.17, 15) is 0 Å². The molecule has 0 atom stereocenters. The average molecular weight is 240 g/mol.